The van der Waals surface area contributed by atoms with Gasteiger partial charge in [0.05, 0.1) is 18.7 Å². The number of carbonyl (C=O) groups is 1. The molecule has 16 heavy (non-hydrogen) atoms. The van der Waals surface area contributed by atoms with Crippen molar-refractivity contribution >= 4 is 6.09 Å². The third-order valence-corrected chi connectivity index (χ3v) is 3.64. The van der Waals surface area contributed by atoms with E-state index in [0.29, 0.717) is 18.4 Å². The van der Waals surface area contributed by atoms with Gasteiger partial charge in [-0.05, 0) is 6.92 Å². The molecule has 0 aromatic carbocycles. The number of carbonyl (C=O) groups excluding carboxylic acids is 1. The Morgan fingerprint density at radius 2 is 1.81 bits per heavy atom. The molecule has 0 spiro atoms. The summed E-state index contributed by atoms with van der Waals surface area (Å²) in [4.78, 5) is 13.8. The largest absolute Gasteiger partial charge is 0.450 e. The lowest BCUT2D eigenvalue weighted by molar-refractivity contribution is 0.0967. The Morgan fingerprint density at radius 3 is 2.50 bits per heavy atom. The first kappa shape index (κ1) is 9.70. The highest BCUT2D eigenvalue weighted by molar-refractivity contribution is 5.71. The molecular weight excluding hydrogens is 202 g/mol. The van der Waals surface area contributed by atoms with Gasteiger partial charge in [0.2, 0.25) is 0 Å². The first-order valence-corrected chi connectivity index (χ1v) is 5.81. The van der Waals surface area contributed by atoms with E-state index in [4.69, 9.17) is 4.74 Å². The van der Waals surface area contributed by atoms with E-state index in [1.165, 1.54) is 0 Å². The van der Waals surface area contributed by atoms with Gasteiger partial charge >= 0.3 is 6.09 Å². The van der Waals surface area contributed by atoms with Crippen molar-refractivity contribution < 1.29 is 9.53 Å². The summed E-state index contributed by atoms with van der Waals surface area (Å²) in [5, 5.41) is 0. The van der Waals surface area contributed by atoms with Crippen LogP contribution in [-0.4, -0.2) is 29.7 Å². The van der Waals surface area contributed by atoms with E-state index in [1.807, 2.05) is 17.9 Å². The zero-order chi connectivity index (χ0) is 11.1. The second kappa shape index (κ2) is 3.51. The van der Waals surface area contributed by atoms with Crippen LogP contribution in [0.5, 0.6) is 0 Å². The third-order valence-electron chi connectivity index (χ3n) is 3.64. The zero-order valence-electron chi connectivity index (χ0n) is 9.24. The van der Waals surface area contributed by atoms with Crippen LogP contribution in [0, 0.1) is 11.8 Å². The van der Waals surface area contributed by atoms with Crippen molar-refractivity contribution in [2.75, 3.05) is 6.61 Å². The minimum atomic E-state index is -0.186. The smallest absolute Gasteiger partial charge is 0.410 e. The number of ether oxygens (including phenoxy) is 1. The molecule has 1 aliphatic heterocycles. The first-order chi connectivity index (χ1) is 7.83. The fraction of sp³-hybridized carbons (Fsp3) is 0.462. The number of rotatable bonds is 1. The maximum Gasteiger partial charge on any atom is 0.410 e. The number of allylic oxidation sites excluding steroid dienone is 2. The SMILES string of the molecule is CCOC(=O)N1C2C=CC=CC2C2C=CC21. The molecule has 4 unspecified atom stereocenters. The highest BCUT2D eigenvalue weighted by Crippen LogP contribution is 2.45. The van der Waals surface area contributed by atoms with Gasteiger partial charge < -0.3 is 4.74 Å². The highest BCUT2D eigenvalue weighted by atomic mass is 16.6. The number of amides is 1. The summed E-state index contributed by atoms with van der Waals surface area (Å²) in [5.74, 6) is 0.917. The van der Waals surface area contributed by atoms with Crippen LogP contribution in [0.15, 0.2) is 36.5 Å². The Bertz CT molecular complexity index is 397. The normalized spacial score (nSPS) is 37.9. The number of hydrogen-bond acceptors (Lipinski definition) is 2. The fourth-order valence-electron chi connectivity index (χ4n) is 2.86. The molecule has 1 heterocycles. The second-order valence-electron chi connectivity index (χ2n) is 4.40. The van der Waals surface area contributed by atoms with Gasteiger partial charge in [0.15, 0.2) is 0 Å². The molecule has 1 saturated heterocycles. The molecule has 4 atom stereocenters. The third kappa shape index (κ3) is 1.17. The lowest BCUT2D eigenvalue weighted by Gasteiger charge is -2.30. The lowest BCUT2D eigenvalue weighted by Crippen LogP contribution is -2.43. The molecule has 0 radical (unpaired) electrons. The Balaban J connectivity index is 1.88. The van der Waals surface area contributed by atoms with Gasteiger partial charge in [-0.1, -0.05) is 36.5 Å². The number of hydrogen-bond donors (Lipinski definition) is 0. The van der Waals surface area contributed by atoms with Gasteiger partial charge in [0.25, 0.3) is 0 Å². The van der Waals surface area contributed by atoms with E-state index >= 15 is 0 Å². The molecule has 0 aromatic rings. The number of nitrogens with zero attached hydrogens (tertiary/aromatic N) is 1. The molecule has 3 rings (SSSR count). The second-order valence-corrected chi connectivity index (χ2v) is 4.40. The summed E-state index contributed by atoms with van der Waals surface area (Å²) in [6.07, 6.45) is 12.5. The van der Waals surface area contributed by atoms with Crippen LogP contribution in [-0.2, 0) is 4.74 Å². The minimum Gasteiger partial charge on any atom is -0.450 e. The predicted molar refractivity (Wildman–Crippen MR) is 60.8 cm³/mol. The van der Waals surface area contributed by atoms with Crippen molar-refractivity contribution in [3.05, 3.63) is 36.5 Å². The maximum atomic E-state index is 11.9. The van der Waals surface area contributed by atoms with Crippen molar-refractivity contribution in [3.63, 3.8) is 0 Å². The summed E-state index contributed by atoms with van der Waals surface area (Å²) < 4.78 is 5.12. The van der Waals surface area contributed by atoms with Crippen LogP contribution in [0.3, 0.4) is 0 Å². The molecule has 3 aliphatic rings. The molecule has 1 amide bonds. The van der Waals surface area contributed by atoms with Gasteiger partial charge in [-0.15, -0.1) is 0 Å². The topological polar surface area (TPSA) is 29.5 Å². The minimum absolute atomic E-state index is 0.175. The predicted octanol–water partition coefficient (Wildman–Crippen LogP) is 2.12. The average molecular weight is 217 g/mol. The molecule has 0 saturated carbocycles. The summed E-state index contributed by atoms with van der Waals surface area (Å²) >= 11 is 0. The molecule has 0 N–H and O–H groups in total. The molecule has 2 aliphatic carbocycles. The van der Waals surface area contributed by atoms with Gasteiger partial charge in [-0.2, -0.15) is 0 Å². The highest BCUT2D eigenvalue weighted by Gasteiger charge is 2.51. The van der Waals surface area contributed by atoms with Gasteiger partial charge in [-0.3, -0.25) is 4.90 Å². The average Bonchev–Trinajstić information content (AvgIpc) is 2.47. The molecule has 0 bridgehead atoms. The van der Waals surface area contributed by atoms with Crippen LogP contribution < -0.4 is 0 Å². The van der Waals surface area contributed by atoms with Crippen molar-refractivity contribution in [1.29, 1.82) is 0 Å². The Morgan fingerprint density at radius 1 is 1.12 bits per heavy atom. The summed E-state index contributed by atoms with van der Waals surface area (Å²) in [6.45, 7) is 2.28. The fourth-order valence-corrected chi connectivity index (χ4v) is 2.86. The van der Waals surface area contributed by atoms with Gasteiger partial charge in [-0.25, -0.2) is 4.79 Å². The van der Waals surface area contributed by atoms with Crippen molar-refractivity contribution in [2.45, 2.75) is 19.0 Å². The molecule has 1 fully saturated rings. The van der Waals surface area contributed by atoms with Crippen LogP contribution in [0.25, 0.3) is 0 Å². The Kier molecular flexibility index (Phi) is 2.13. The molecule has 0 aromatic heterocycles. The van der Waals surface area contributed by atoms with Crippen LogP contribution in [0.4, 0.5) is 4.79 Å². The quantitative estimate of drug-likeness (QED) is 0.630. The zero-order valence-corrected chi connectivity index (χ0v) is 9.24. The lowest BCUT2D eigenvalue weighted by atomic mass is 9.79. The van der Waals surface area contributed by atoms with Crippen molar-refractivity contribution in [1.82, 2.24) is 4.90 Å². The van der Waals surface area contributed by atoms with E-state index in [-0.39, 0.29) is 18.2 Å². The molecule has 3 heteroatoms. The van der Waals surface area contributed by atoms with E-state index in [9.17, 15) is 4.79 Å². The first-order valence-electron chi connectivity index (χ1n) is 5.81. The van der Waals surface area contributed by atoms with Crippen LogP contribution in [0.2, 0.25) is 0 Å². The van der Waals surface area contributed by atoms with Crippen LogP contribution in [0.1, 0.15) is 6.92 Å². The van der Waals surface area contributed by atoms with E-state index in [1.54, 1.807) is 0 Å². The molecule has 84 valence electrons. The van der Waals surface area contributed by atoms with E-state index in [0.717, 1.165) is 0 Å². The van der Waals surface area contributed by atoms with E-state index in [2.05, 4.69) is 30.4 Å². The number of fused-ring (bicyclic) bond motifs is 3. The van der Waals surface area contributed by atoms with Gasteiger partial charge in [0.1, 0.15) is 0 Å². The van der Waals surface area contributed by atoms with Crippen LogP contribution >= 0.6 is 0 Å². The number of likely N-dealkylation sites (tertiary alicyclic amines) is 1. The van der Waals surface area contributed by atoms with Crippen molar-refractivity contribution in [3.8, 4) is 0 Å². The Labute approximate surface area is 95.1 Å². The van der Waals surface area contributed by atoms with Gasteiger partial charge in [0, 0.05) is 11.8 Å². The summed E-state index contributed by atoms with van der Waals surface area (Å²) in [6, 6.07) is 0.412. The standard InChI is InChI=1S/C13H15NO2/c1-2-16-13(15)14-11-6-4-3-5-9(11)10-7-8-12(10)14/h3-12H,2H2,1H3. The Hall–Kier alpha value is -1.51. The monoisotopic (exact) mass is 217 g/mol. The van der Waals surface area contributed by atoms with E-state index < -0.39 is 0 Å². The van der Waals surface area contributed by atoms with Crippen molar-refractivity contribution in [2.24, 2.45) is 11.8 Å². The maximum absolute atomic E-state index is 11.9. The molecule has 3 nitrogen and oxygen atoms in total. The summed E-state index contributed by atoms with van der Waals surface area (Å²) in [7, 11) is 0. The molecular formula is C13H15NO2. The summed E-state index contributed by atoms with van der Waals surface area (Å²) in [5.41, 5.74) is 0.